The van der Waals surface area contributed by atoms with Crippen LogP contribution in [0.15, 0.2) is 18.2 Å². The average Bonchev–Trinajstić information content (AvgIpc) is 2.56. The molecule has 0 aliphatic heterocycles. The lowest BCUT2D eigenvalue weighted by Gasteiger charge is -2.21. The number of hydrogen-bond donors (Lipinski definition) is 2. The van der Waals surface area contributed by atoms with Gasteiger partial charge in [-0.1, -0.05) is 36.2 Å². The lowest BCUT2D eigenvalue weighted by molar-refractivity contribution is -0.125. The highest BCUT2D eigenvalue weighted by Crippen LogP contribution is 2.25. The van der Waals surface area contributed by atoms with Crippen LogP contribution in [-0.2, 0) is 14.3 Å². The van der Waals surface area contributed by atoms with Gasteiger partial charge in [-0.2, -0.15) is 0 Å². The van der Waals surface area contributed by atoms with E-state index >= 15 is 0 Å². The van der Waals surface area contributed by atoms with Crippen molar-refractivity contribution in [1.82, 2.24) is 15.5 Å². The van der Waals surface area contributed by atoms with Gasteiger partial charge in [-0.05, 0) is 38.1 Å². The Morgan fingerprint density at radius 1 is 1.12 bits per heavy atom. The molecule has 0 fully saturated rings. The van der Waals surface area contributed by atoms with Gasteiger partial charge < -0.3 is 10.1 Å². The van der Waals surface area contributed by atoms with Crippen molar-refractivity contribution in [2.45, 2.75) is 26.8 Å². The third-order valence-electron chi connectivity index (χ3n) is 3.52. The summed E-state index contributed by atoms with van der Waals surface area (Å²) in [5.74, 6) is -0.787. The van der Waals surface area contributed by atoms with E-state index in [2.05, 4.69) is 15.4 Å². The van der Waals surface area contributed by atoms with Crippen molar-refractivity contribution < 1.29 is 19.1 Å². The van der Waals surface area contributed by atoms with Crippen molar-refractivity contribution in [2.75, 3.05) is 26.2 Å². The molecular weight excluding hydrogens is 381 g/mol. The van der Waals surface area contributed by atoms with Crippen LogP contribution in [0.1, 0.15) is 32.4 Å². The van der Waals surface area contributed by atoms with Crippen molar-refractivity contribution >= 4 is 41.1 Å². The Morgan fingerprint density at radius 2 is 1.77 bits per heavy atom. The third-order valence-corrected chi connectivity index (χ3v) is 4.26. The minimum atomic E-state index is -0.800. The first-order chi connectivity index (χ1) is 12.3. The Labute approximate surface area is 163 Å². The molecule has 1 rings (SSSR count). The van der Waals surface area contributed by atoms with Crippen LogP contribution in [0.25, 0.3) is 0 Å². The first-order valence-electron chi connectivity index (χ1n) is 8.20. The van der Waals surface area contributed by atoms with Gasteiger partial charge in [0.05, 0.1) is 35.8 Å². The minimum Gasteiger partial charge on any atom is -0.450 e. The average molecular weight is 404 g/mol. The highest BCUT2D eigenvalue weighted by Gasteiger charge is 2.17. The second kappa shape index (κ2) is 11.0. The molecule has 0 aromatic heterocycles. The molecule has 3 amide bonds. The number of carbonyl (C=O) groups is 3. The maximum absolute atomic E-state index is 12.2. The van der Waals surface area contributed by atoms with Gasteiger partial charge in [0, 0.05) is 0 Å². The maximum Gasteiger partial charge on any atom is 0.413 e. The number of benzene rings is 1. The molecule has 0 bridgehead atoms. The van der Waals surface area contributed by atoms with Gasteiger partial charge in [-0.15, -0.1) is 0 Å². The first kappa shape index (κ1) is 22.2. The molecule has 2 N–H and O–H groups in total. The van der Waals surface area contributed by atoms with E-state index in [1.165, 1.54) is 0 Å². The van der Waals surface area contributed by atoms with Gasteiger partial charge in [0.1, 0.15) is 0 Å². The molecule has 0 heterocycles. The summed E-state index contributed by atoms with van der Waals surface area (Å²) in [7, 11) is 0. The van der Waals surface area contributed by atoms with Gasteiger partial charge in [0.25, 0.3) is 0 Å². The molecule has 1 aromatic rings. The number of halogens is 2. The van der Waals surface area contributed by atoms with Crippen LogP contribution in [0.4, 0.5) is 4.79 Å². The highest BCUT2D eigenvalue weighted by molar-refractivity contribution is 6.42. The topological polar surface area (TPSA) is 87.7 Å². The fourth-order valence-corrected chi connectivity index (χ4v) is 2.46. The Bertz CT molecular complexity index is 655. The standard InChI is InChI=1S/C17H23Cl2N3O4/c1-4-22(10-16(24)21-17(25)26-5-2)9-15(23)20-11(3)12-6-7-13(18)14(19)8-12/h6-8,11H,4-5,9-10H2,1-3H3,(H,20,23)(H,21,24,25)/t11-/m1/s1. The second-order valence-electron chi connectivity index (χ2n) is 5.53. The number of rotatable bonds is 8. The molecule has 0 saturated heterocycles. The molecule has 0 radical (unpaired) electrons. The molecular formula is C17H23Cl2N3O4. The quantitative estimate of drug-likeness (QED) is 0.696. The summed E-state index contributed by atoms with van der Waals surface area (Å²) in [5, 5.41) is 5.79. The summed E-state index contributed by atoms with van der Waals surface area (Å²) in [5.41, 5.74) is 0.816. The second-order valence-corrected chi connectivity index (χ2v) is 6.35. The van der Waals surface area contributed by atoms with Crippen LogP contribution in [0.5, 0.6) is 0 Å². The summed E-state index contributed by atoms with van der Waals surface area (Å²) in [6.45, 7) is 5.83. The molecule has 7 nitrogen and oxygen atoms in total. The fraction of sp³-hybridized carbons (Fsp3) is 0.471. The van der Waals surface area contributed by atoms with E-state index in [1.807, 2.05) is 13.8 Å². The van der Waals surface area contributed by atoms with Gasteiger partial charge in [-0.3, -0.25) is 19.8 Å². The van der Waals surface area contributed by atoms with Crippen molar-refractivity contribution in [3.8, 4) is 0 Å². The largest absolute Gasteiger partial charge is 0.450 e. The van der Waals surface area contributed by atoms with Gasteiger partial charge in [0.15, 0.2) is 0 Å². The SMILES string of the molecule is CCOC(=O)NC(=O)CN(CC)CC(=O)N[C@H](C)c1ccc(Cl)c(Cl)c1. The zero-order chi connectivity index (χ0) is 19.7. The molecule has 0 aliphatic rings. The predicted octanol–water partition coefficient (Wildman–Crippen LogP) is 2.77. The number of ether oxygens (including phenoxy) is 1. The van der Waals surface area contributed by atoms with Crippen LogP contribution in [0, 0.1) is 0 Å². The summed E-state index contributed by atoms with van der Waals surface area (Å²) in [4.78, 5) is 36.8. The van der Waals surface area contributed by atoms with Crippen molar-refractivity contribution in [2.24, 2.45) is 0 Å². The summed E-state index contributed by atoms with van der Waals surface area (Å²) in [6.07, 6.45) is -0.800. The van der Waals surface area contributed by atoms with E-state index in [9.17, 15) is 14.4 Å². The number of carbonyl (C=O) groups excluding carboxylic acids is 3. The fourth-order valence-electron chi connectivity index (χ4n) is 2.16. The smallest absolute Gasteiger partial charge is 0.413 e. The lowest BCUT2D eigenvalue weighted by Crippen LogP contribution is -2.44. The maximum atomic E-state index is 12.2. The van der Waals surface area contributed by atoms with E-state index in [0.29, 0.717) is 16.6 Å². The van der Waals surface area contributed by atoms with Crippen LogP contribution in [-0.4, -0.2) is 49.0 Å². The molecule has 0 aliphatic carbocycles. The summed E-state index contributed by atoms with van der Waals surface area (Å²) >= 11 is 11.9. The molecule has 1 atom stereocenters. The molecule has 9 heteroatoms. The highest BCUT2D eigenvalue weighted by atomic mass is 35.5. The van der Waals surface area contributed by atoms with E-state index in [0.717, 1.165) is 5.56 Å². The number of hydrogen-bond acceptors (Lipinski definition) is 5. The van der Waals surface area contributed by atoms with Gasteiger partial charge in [-0.25, -0.2) is 4.79 Å². The molecule has 1 aromatic carbocycles. The predicted molar refractivity (Wildman–Crippen MR) is 100 cm³/mol. The number of nitrogens with one attached hydrogen (secondary N) is 2. The molecule has 144 valence electrons. The zero-order valence-corrected chi connectivity index (χ0v) is 16.5. The Morgan fingerprint density at radius 3 is 2.35 bits per heavy atom. The van der Waals surface area contributed by atoms with Crippen molar-refractivity contribution in [3.05, 3.63) is 33.8 Å². The number of alkyl carbamates (subject to hydrolysis) is 1. The molecule has 0 spiro atoms. The van der Waals surface area contributed by atoms with E-state index in [1.54, 1.807) is 30.0 Å². The van der Waals surface area contributed by atoms with Crippen molar-refractivity contribution in [3.63, 3.8) is 0 Å². The monoisotopic (exact) mass is 403 g/mol. The molecule has 0 unspecified atom stereocenters. The van der Waals surface area contributed by atoms with Crippen LogP contribution in [0.3, 0.4) is 0 Å². The van der Waals surface area contributed by atoms with Crippen molar-refractivity contribution in [1.29, 1.82) is 0 Å². The number of amides is 3. The molecule has 0 saturated carbocycles. The minimum absolute atomic E-state index is 0.0123. The van der Waals surface area contributed by atoms with Crippen LogP contribution < -0.4 is 10.6 Å². The summed E-state index contributed by atoms with van der Waals surface area (Å²) in [6, 6.07) is 4.87. The van der Waals surface area contributed by atoms with Gasteiger partial charge >= 0.3 is 6.09 Å². The Kier molecular flexibility index (Phi) is 9.40. The Hall–Kier alpha value is -1.83. The Balaban J connectivity index is 2.54. The molecule has 26 heavy (non-hydrogen) atoms. The number of nitrogens with zero attached hydrogens (tertiary/aromatic N) is 1. The number of imide groups is 1. The zero-order valence-electron chi connectivity index (χ0n) is 15.0. The van der Waals surface area contributed by atoms with E-state index in [-0.39, 0.29) is 31.6 Å². The normalized spacial score (nSPS) is 11.8. The van der Waals surface area contributed by atoms with E-state index in [4.69, 9.17) is 23.2 Å². The number of likely N-dealkylation sites (N-methyl/N-ethyl adjacent to an activating group) is 1. The van der Waals surface area contributed by atoms with E-state index < -0.39 is 12.0 Å². The van der Waals surface area contributed by atoms with Crippen LogP contribution >= 0.6 is 23.2 Å². The first-order valence-corrected chi connectivity index (χ1v) is 8.95. The lowest BCUT2D eigenvalue weighted by atomic mass is 10.1. The third kappa shape index (κ3) is 7.59. The van der Waals surface area contributed by atoms with Crippen LogP contribution in [0.2, 0.25) is 10.0 Å². The summed E-state index contributed by atoms with van der Waals surface area (Å²) < 4.78 is 4.64. The van der Waals surface area contributed by atoms with Gasteiger partial charge in [0.2, 0.25) is 11.8 Å².